The molecule has 0 saturated heterocycles. The lowest BCUT2D eigenvalue weighted by atomic mass is 10.0. The first-order valence-corrected chi connectivity index (χ1v) is 9.45. The fraction of sp³-hybridized carbons (Fsp3) is 0.368. The van der Waals surface area contributed by atoms with Crippen molar-refractivity contribution < 1.29 is 19.1 Å². The van der Waals surface area contributed by atoms with Crippen molar-refractivity contribution in [1.29, 1.82) is 0 Å². The Balaban J connectivity index is 1.50. The van der Waals surface area contributed by atoms with Crippen molar-refractivity contribution in [1.82, 2.24) is 4.90 Å². The number of rotatable bonds is 4. The molecular weight excluding hydrogens is 352 g/mol. The summed E-state index contributed by atoms with van der Waals surface area (Å²) in [6.07, 6.45) is 0.966. The van der Waals surface area contributed by atoms with Gasteiger partial charge in [0.05, 0.1) is 12.2 Å². The van der Waals surface area contributed by atoms with Crippen molar-refractivity contribution in [2.75, 3.05) is 25.2 Å². The monoisotopic (exact) mass is 372 g/mol. The van der Waals surface area contributed by atoms with E-state index in [1.165, 1.54) is 17.4 Å². The van der Waals surface area contributed by atoms with Gasteiger partial charge in [0.1, 0.15) is 0 Å². The molecule has 7 heteroatoms. The quantitative estimate of drug-likeness (QED) is 0.835. The van der Waals surface area contributed by atoms with Gasteiger partial charge in [-0.05, 0) is 43.3 Å². The smallest absolute Gasteiger partial charge is 0.238 e. The number of nitrogens with zero attached hydrogens (tertiary/aromatic N) is 1. The number of benzene rings is 1. The number of carbonyl (C=O) groups excluding carboxylic acids is 2. The van der Waals surface area contributed by atoms with Crippen LogP contribution in [0.15, 0.2) is 23.6 Å². The standard InChI is InChI=1S/C19H20N2O4S/c1-11-13-4-6-26-18(13)3-5-21(11)9-19(23)20-15-8-17-16(24-10-25-17)7-14(15)12(2)22/h4,6-8,11H,3,5,9-10H2,1-2H3,(H,20,23). The molecule has 1 aromatic heterocycles. The van der Waals surface area contributed by atoms with Crippen LogP contribution in [0.1, 0.15) is 40.7 Å². The number of hydrogen-bond donors (Lipinski definition) is 1. The Labute approximate surface area is 155 Å². The van der Waals surface area contributed by atoms with Crippen LogP contribution in [-0.4, -0.2) is 36.5 Å². The topological polar surface area (TPSA) is 67.9 Å². The van der Waals surface area contributed by atoms with Crippen LogP contribution in [-0.2, 0) is 11.2 Å². The summed E-state index contributed by atoms with van der Waals surface area (Å²) in [4.78, 5) is 28.1. The number of carbonyl (C=O) groups is 2. The summed E-state index contributed by atoms with van der Waals surface area (Å²) in [6, 6.07) is 5.63. The molecule has 2 aromatic rings. The Morgan fingerprint density at radius 3 is 2.85 bits per heavy atom. The molecule has 0 spiro atoms. The van der Waals surface area contributed by atoms with Crippen molar-refractivity contribution >= 4 is 28.7 Å². The maximum absolute atomic E-state index is 12.6. The van der Waals surface area contributed by atoms with Gasteiger partial charge >= 0.3 is 0 Å². The fourth-order valence-electron chi connectivity index (χ4n) is 3.49. The zero-order valence-electron chi connectivity index (χ0n) is 14.7. The highest BCUT2D eigenvalue weighted by Crippen LogP contribution is 2.37. The second-order valence-corrected chi connectivity index (χ2v) is 7.55. The number of anilines is 1. The zero-order valence-corrected chi connectivity index (χ0v) is 15.5. The highest BCUT2D eigenvalue weighted by molar-refractivity contribution is 7.10. The van der Waals surface area contributed by atoms with Crippen LogP contribution in [0.5, 0.6) is 11.5 Å². The molecule has 1 unspecified atom stereocenters. The predicted molar refractivity (Wildman–Crippen MR) is 99.2 cm³/mol. The molecule has 0 aliphatic carbocycles. The Bertz CT molecular complexity index is 876. The van der Waals surface area contributed by atoms with Crippen LogP contribution < -0.4 is 14.8 Å². The fourth-order valence-corrected chi connectivity index (χ4v) is 4.45. The summed E-state index contributed by atoms with van der Waals surface area (Å²) in [5.74, 6) is 0.798. The normalized spacial score (nSPS) is 18.5. The molecule has 4 rings (SSSR count). The van der Waals surface area contributed by atoms with Crippen LogP contribution in [0, 0.1) is 0 Å². The van der Waals surface area contributed by atoms with Gasteiger partial charge in [0, 0.05) is 29.1 Å². The van der Waals surface area contributed by atoms with E-state index in [1.54, 1.807) is 23.5 Å². The Hall–Kier alpha value is -2.38. The van der Waals surface area contributed by atoms with E-state index in [0.717, 1.165) is 13.0 Å². The summed E-state index contributed by atoms with van der Waals surface area (Å²) in [7, 11) is 0. The molecule has 0 radical (unpaired) electrons. The molecule has 0 fully saturated rings. The summed E-state index contributed by atoms with van der Waals surface area (Å²) < 4.78 is 10.7. The minimum Gasteiger partial charge on any atom is -0.454 e. The Morgan fingerprint density at radius 1 is 1.31 bits per heavy atom. The van der Waals surface area contributed by atoms with Gasteiger partial charge in [-0.3, -0.25) is 14.5 Å². The third kappa shape index (κ3) is 3.08. The molecule has 3 heterocycles. The lowest BCUT2D eigenvalue weighted by molar-refractivity contribution is -0.117. The molecule has 2 aliphatic rings. The van der Waals surface area contributed by atoms with E-state index in [1.807, 2.05) is 0 Å². The van der Waals surface area contributed by atoms with E-state index in [2.05, 4.69) is 28.6 Å². The van der Waals surface area contributed by atoms with Crippen molar-refractivity contribution in [3.8, 4) is 11.5 Å². The highest BCUT2D eigenvalue weighted by Gasteiger charge is 2.27. The summed E-state index contributed by atoms with van der Waals surface area (Å²) >= 11 is 1.78. The number of Topliss-reactive ketones (excluding diaryl/α,β-unsaturated/α-hetero) is 1. The number of fused-ring (bicyclic) bond motifs is 2. The van der Waals surface area contributed by atoms with Crippen molar-refractivity contribution in [3.05, 3.63) is 39.6 Å². The molecular formula is C19H20N2O4S. The molecule has 1 N–H and O–H groups in total. The van der Waals surface area contributed by atoms with Crippen LogP contribution in [0.2, 0.25) is 0 Å². The second kappa shape index (κ2) is 6.74. The molecule has 6 nitrogen and oxygen atoms in total. The largest absolute Gasteiger partial charge is 0.454 e. The summed E-state index contributed by atoms with van der Waals surface area (Å²) in [6.45, 7) is 4.85. The van der Waals surface area contributed by atoms with Gasteiger partial charge in [-0.15, -0.1) is 11.3 Å². The number of hydrogen-bond acceptors (Lipinski definition) is 6. The van der Waals surface area contributed by atoms with Gasteiger partial charge in [0.25, 0.3) is 0 Å². The molecule has 1 aromatic carbocycles. The summed E-state index contributed by atoms with van der Waals surface area (Å²) in [5.41, 5.74) is 2.20. The van der Waals surface area contributed by atoms with E-state index < -0.39 is 0 Å². The van der Waals surface area contributed by atoms with E-state index in [0.29, 0.717) is 22.7 Å². The first-order valence-electron chi connectivity index (χ1n) is 8.57. The maximum Gasteiger partial charge on any atom is 0.238 e. The van der Waals surface area contributed by atoms with Crippen LogP contribution >= 0.6 is 11.3 Å². The van der Waals surface area contributed by atoms with E-state index >= 15 is 0 Å². The van der Waals surface area contributed by atoms with Gasteiger partial charge in [-0.1, -0.05) is 0 Å². The molecule has 1 atom stereocenters. The minimum atomic E-state index is -0.142. The third-order valence-electron chi connectivity index (χ3n) is 4.92. The van der Waals surface area contributed by atoms with Gasteiger partial charge in [-0.2, -0.15) is 0 Å². The minimum absolute atomic E-state index is 0.123. The van der Waals surface area contributed by atoms with Gasteiger partial charge < -0.3 is 14.8 Å². The molecule has 26 heavy (non-hydrogen) atoms. The number of amides is 1. The lowest BCUT2D eigenvalue weighted by Gasteiger charge is -2.33. The summed E-state index contributed by atoms with van der Waals surface area (Å²) in [5, 5.41) is 4.98. The van der Waals surface area contributed by atoms with Gasteiger partial charge in [-0.25, -0.2) is 0 Å². The number of thiophene rings is 1. The SMILES string of the molecule is CC(=O)c1cc2c(cc1NC(=O)CN1CCc3sccc3C1C)OCO2. The van der Waals surface area contributed by atoms with Crippen LogP contribution in [0.4, 0.5) is 5.69 Å². The highest BCUT2D eigenvalue weighted by atomic mass is 32.1. The Kier molecular flexibility index (Phi) is 4.42. The van der Waals surface area contributed by atoms with Crippen molar-refractivity contribution in [3.63, 3.8) is 0 Å². The van der Waals surface area contributed by atoms with E-state index in [9.17, 15) is 9.59 Å². The van der Waals surface area contributed by atoms with Crippen LogP contribution in [0.25, 0.3) is 0 Å². The van der Waals surface area contributed by atoms with E-state index in [-0.39, 0.29) is 31.1 Å². The molecule has 136 valence electrons. The average Bonchev–Trinajstić information content (AvgIpc) is 3.25. The molecule has 0 saturated carbocycles. The zero-order chi connectivity index (χ0) is 18.3. The molecule has 2 aliphatic heterocycles. The lowest BCUT2D eigenvalue weighted by Crippen LogP contribution is -2.39. The van der Waals surface area contributed by atoms with Crippen molar-refractivity contribution in [2.45, 2.75) is 26.3 Å². The number of ether oxygens (including phenoxy) is 2. The predicted octanol–water partition coefficient (Wildman–Crippen LogP) is 3.24. The van der Waals surface area contributed by atoms with Gasteiger partial charge in [0.2, 0.25) is 12.7 Å². The average molecular weight is 372 g/mol. The molecule has 0 bridgehead atoms. The first-order chi connectivity index (χ1) is 12.5. The van der Waals surface area contributed by atoms with Gasteiger partial charge in [0.15, 0.2) is 17.3 Å². The van der Waals surface area contributed by atoms with E-state index in [4.69, 9.17) is 9.47 Å². The van der Waals surface area contributed by atoms with Crippen molar-refractivity contribution in [2.24, 2.45) is 0 Å². The number of ketones is 1. The first kappa shape index (κ1) is 17.1. The number of nitrogens with one attached hydrogen (secondary N) is 1. The maximum atomic E-state index is 12.6. The molecule has 1 amide bonds. The Morgan fingerprint density at radius 2 is 2.08 bits per heavy atom. The second-order valence-electron chi connectivity index (χ2n) is 6.55. The van der Waals surface area contributed by atoms with Crippen LogP contribution in [0.3, 0.4) is 0 Å². The third-order valence-corrected chi connectivity index (χ3v) is 5.91.